The molecule has 1 N–H and O–H groups in total. The molecule has 0 aliphatic heterocycles. The Kier molecular flexibility index (Phi) is 3.15. The lowest BCUT2D eigenvalue weighted by Crippen LogP contribution is -1.86. The first-order valence-corrected chi connectivity index (χ1v) is 4.24. The molecular formula is C11H11AlNO. The second-order valence-corrected chi connectivity index (χ2v) is 3.25. The average molecular weight is 200 g/mol. The molecule has 0 aliphatic rings. The van der Waals surface area contributed by atoms with Gasteiger partial charge in [-0.15, -0.1) is 0 Å². The zero-order chi connectivity index (χ0) is 9.42. The van der Waals surface area contributed by atoms with Gasteiger partial charge in [0.05, 0.1) is 0 Å². The minimum atomic E-state index is 0. The maximum absolute atomic E-state index is 9.56. The van der Waals surface area contributed by atoms with E-state index in [9.17, 15) is 5.11 Å². The Balaban J connectivity index is 0.000000980. The number of benzene rings is 1. The largest absolute Gasteiger partial charge is 0.506 e. The molecule has 3 heteroatoms. The van der Waals surface area contributed by atoms with Gasteiger partial charge in [0.1, 0.15) is 11.3 Å². The van der Waals surface area contributed by atoms with E-state index in [1.54, 1.807) is 12.3 Å². The number of pyridine rings is 1. The molecule has 0 saturated heterocycles. The molecule has 3 radical (unpaired) electrons. The average Bonchev–Trinajstić information content (AvgIpc) is 2.12. The molecule has 69 valence electrons. The molecule has 0 bridgehead atoms. The lowest BCUT2D eigenvalue weighted by atomic mass is 10.0. The number of fused-ring (bicyclic) bond motifs is 1. The van der Waals surface area contributed by atoms with Gasteiger partial charge < -0.3 is 5.11 Å². The fourth-order valence-electron chi connectivity index (χ4n) is 1.62. The summed E-state index contributed by atoms with van der Waals surface area (Å²) in [5.74, 6) is 0.254. The molecule has 0 amide bonds. The Morgan fingerprint density at radius 3 is 2.36 bits per heavy atom. The normalized spacial score (nSPS) is 9.86. The molecule has 14 heavy (non-hydrogen) atoms. The van der Waals surface area contributed by atoms with Gasteiger partial charge in [-0.25, -0.2) is 0 Å². The van der Waals surface area contributed by atoms with Gasteiger partial charge in [0.15, 0.2) is 0 Å². The Morgan fingerprint density at radius 2 is 1.71 bits per heavy atom. The van der Waals surface area contributed by atoms with Crippen molar-refractivity contribution in [3.8, 4) is 5.75 Å². The molecule has 0 saturated carbocycles. The van der Waals surface area contributed by atoms with Crippen molar-refractivity contribution in [1.82, 2.24) is 4.98 Å². The maximum atomic E-state index is 9.56. The lowest BCUT2D eigenvalue weighted by molar-refractivity contribution is 0.480. The number of aryl methyl sites for hydroxylation is 2. The Bertz CT molecular complexity index is 460. The number of hydrogen-bond donors (Lipinski definition) is 1. The maximum Gasteiger partial charge on any atom is 0.141 e. The second kappa shape index (κ2) is 4.00. The molecule has 0 unspecified atom stereocenters. The van der Waals surface area contributed by atoms with Crippen molar-refractivity contribution in [3.05, 3.63) is 35.5 Å². The van der Waals surface area contributed by atoms with Gasteiger partial charge in [0.25, 0.3) is 0 Å². The molecule has 0 atom stereocenters. The van der Waals surface area contributed by atoms with E-state index in [-0.39, 0.29) is 23.1 Å². The highest BCUT2D eigenvalue weighted by atomic mass is 27.0. The van der Waals surface area contributed by atoms with Crippen LogP contribution in [0.1, 0.15) is 11.1 Å². The van der Waals surface area contributed by atoms with Gasteiger partial charge in [0, 0.05) is 28.9 Å². The first-order chi connectivity index (χ1) is 6.20. The molecule has 1 heterocycles. The van der Waals surface area contributed by atoms with E-state index in [2.05, 4.69) is 4.98 Å². The smallest absolute Gasteiger partial charge is 0.141 e. The summed E-state index contributed by atoms with van der Waals surface area (Å²) in [7, 11) is 0. The summed E-state index contributed by atoms with van der Waals surface area (Å²) < 4.78 is 0. The van der Waals surface area contributed by atoms with Crippen molar-refractivity contribution >= 4 is 28.3 Å². The van der Waals surface area contributed by atoms with Crippen LogP contribution in [-0.4, -0.2) is 27.5 Å². The van der Waals surface area contributed by atoms with E-state index in [1.165, 1.54) is 0 Å². The van der Waals surface area contributed by atoms with Crippen LogP contribution >= 0.6 is 0 Å². The summed E-state index contributed by atoms with van der Waals surface area (Å²) in [6.45, 7) is 4.05. The number of phenols is 1. The lowest BCUT2D eigenvalue weighted by Gasteiger charge is -2.05. The monoisotopic (exact) mass is 200 g/mol. The number of phenolic OH excluding ortho intramolecular Hbond substituents is 1. The zero-order valence-corrected chi connectivity index (χ0v) is 9.44. The van der Waals surface area contributed by atoms with Crippen LogP contribution < -0.4 is 0 Å². The van der Waals surface area contributed by atoms with Crippen molar-refractivity contribution in [2.45, 2.75) is 13.8 Å². The third-order valence-corrected chi connectivity index (χ3v) is 2.29. The number of aromatic hydroxyl groups is 1. The van der Waals surface area contributed by atoms with Crippen LogP contribution in [0.3, 0.4) is 0 Å². The summed E-state index contributed by atoms with van der Waals surface area (Å²) in [4.78, 5) is 4.15. The van der Waals surface area contributed by atoms with E-state index in [1.807, 2.05) is 26.0 Å². The van der Waals surface area contributed by atoms with E-state index >= 15 is 0 Å². The fraction of sp³-hybridized carbons (Fsp3) is 0.182. The Morgan fingerprint density at radius 1 is 1.07 bits per heavy atom. The molecule has 1 aromatic carbocycles. The predicted octanol–water partition coefficient (Wildman–Crippen LogP) is 2.18. The van der Waals surface area contributed by atoms with Crippen molar-refractivity contribution in [2.75, 3.05) is 0 Å². The van der Waals surface area contributed by atoms with Crippen LogP contribution in [-0.2, 0) is 0 Å². The van der Waals surface area contributed by atoms with E-state index in [4.69, 9.17) is 0 Å². The van der Waals surface area contributed by atoms with Crippen LogP contribution in [0.5, 0.6) is 5.75 Å². The van der Waals surface area contributed by atoms with Crippen LogP contribution in [0.25, 0.3) is 10.9 Å². The first-order valence-electron chi connectivity index (χ1n) is 4.24. The quantitative estimate of drug-likeness (QED) is 0.661. The molecule has 0 aliphatic carbocycles. The van der Waals surface area contributed by atoms with Crippen molar-refractivity contribution in [2.24, 2.45) is 0 Å². The summed E-state index contributed by atoms with van der Waals surface area (Å²) in [6, 6.07) is 5.55. The number of rotatable bonds is 0. The second-order valence-electron chi connectivity index (χ2n) is 3.25. The summed E-state index contributed by atoms with van der Waals surface area (Å²) in [5.41, 5.74) is 3.00. The van der Waals surface area contributed by atoms with E-state index in [0.717, 1.165) is 16.5 Å². The fourth-order valence-corrected chi connectivity index (χ4v) is 1.62. The van der Waals surface area contributed by atoms with Gasteiger partial charge in [0.2, 0.25) is 0 Å². The van der Waals surface area contributed by atoms with E-state index in [0.29, 0.717) is 5.52 Å². The number of nitrogens with zero attached hydrogens (tertiary/aromatic N) is 1. The predicted molar refractivity (Wildman–Crippen MR) is 58.6 cm³/mol. The number of hydrogen-bond acceptors (Lipinski definition) is 2. The highest BCUT2D eigenvalue weighted by Gasteiger charge is 2.04. The molecule has 0 fully saturated rings. The van der Waals surface area contributed by atoms with E-state index < -0.39 is 0 Å². The highest BCUT2D eigenvalue weighted by molar-refractivity contribution is 5.89. The van der Waals surface area contributed by atoms with Crippen LogP contribution in [0, 0.1) is 13.8 Å². The van der Waals surface area contributed by atoms with Gasteiger partial charge in [-0.1, -0.05) is 6.07 Å². The van der Waals surface area contributed by atoms with Crippen LogP contribution in [0.4, 0.5) is 0 Å². The SMILES string of the molecule is Cc1ccnc2c(O)ccc(C)c12.[Al]. The molecule has 0 spiro atoms. The van der Waals surface area contributed by atoms with Crippen molar-refractivity contribution in [3.63, 3.8) is 0 Å². The van der Waals surface area contributed by atoms with Crippen molar-refractivity contribution < 1.29 is 5.11 Å². The van der Waals surface area contributed by atoms with Gasteiger partial charge in [-0.3, -0.25) is 4.98 Å². The molecule has 2 nitrogen and oxygen atoms in total. The minimum absolute atomic E-state index is 0. The standard InChI is InChI=1S/C11H11NO.Al/c1-7-3-4-9(13)11-10(7)8(2)5-6-12-11;/h3-6,13H,1-2H3;. The summed E-state index contributed by atoms with van der Waals surface area (Å²) >= 11 is 0. The summed E-state index contributed by atoms with van der Waals surface area (Å²) in [6.07, 6.45) is 1.72. The minimum Gasteiger partial charge on any atom is -0.506 e. The third kappa shape index (κ3) is 1.61. The van der Waals surface area contributed by atoms with Crippen molar-refractivity contribution in [1.29, 1.82) is 0 Å². The third-order valence-electron chi connectivity index (χ3n) is 2.29. The Hall–Kier alpha value is -1.04. The summed E-state index contributed by atoms with van der Waals surface area (Å²) in [5, 5.41) is 10.6. The van der Waals surface area contributed by atoms with Crippen LogP contribution in [0.15, 0.2) is 24.4 Å². The zero-order valence-electron chi connectivity index (χ0n) is 8.28. The topological polar surface area (TPSA) is 33.1 Å². The van der Waals surface area contributed by atoms with Gasteiger partial charge in [-0.05, 0) is 37.1 Å². The molecule has 1 aromatic heterocycles. The first kappa shape index (κ1) is 11.0. The molecule has 2 aromatic rings. The highest BCUT2D eigenvalue weighted by Crippen LogP contribution is 2.27. The van der Waals surface area contributed by atoms with Crippen LogP contribution in [0.2, 0.25) is 0 Å². The van der Waals surface area contributed by atoms with Gasteiger partial charge in [-0.2, -0.15) is 0 Å². The molecular weight excluding hydrogens is 189 g/mol. The molecule has 2 rings (SSSR count). The van der Waals surface area contributed by atoms with Gasteiger partial charge >= 0.3 is 0 Å². The Labute approximate surface area is 93.7 Å². The number of aromatic nitrogens is 1.